The van der Waals surface area contributed by atoms with Gasteiger partial charge in [0.1, 0.15) is 0 Å². The maximum atomic E-state index is 9.36. The van der Waals surface area contributed by atoms with Crippen LogP contribution in [0.3, 0.4) is 0 Å². The maximum absolute atomic E-state index is 9.36. The number of nitrogens with zero attached hydrogens (tertiary/aromatic N) is 1. The molecule has 0 aromatic rings. The minimum Gasteiger partial charge on any atom is -0.396 e. The first-order chi connectivity index (χ1) is 27.7. The van der Waals surface area contributed by atoms with Crippen LogP contribution in [0.1, 0.15) is 259 Å². The quantitative estimate of drug-likeness (QED) is 0.0489. The second-order valence-corrected chi connectivity index (χ2v) is 17.1. The minimum absolute atomic E-state index is 0.00387. The van der Waals surface area contributed by atoms with Crippen LogP contribution in [0.2, 0.25) is 0 Å². The van der Waals surface area contributed by atoms with Gasteiger partial charge in [0.15, 0.2) is 12.6 Å². The number of rotatable bonds is 50. The molecule has 0 rings (SSSR count). The van der Waals surface area contributed by atoms with E-state index < -0.39 is 0 Å². The fraction of sp³-hybridized carbons (Fsp3) is 1.00. The van der Waals surface area contributed by atoms with Gasteiger partial charge in [-0.25, -0.2) is 0 Å². The molecule has 338 valence electrons. The Kier molecular flexibility index (Phi) is 48.9. The van der Waals surface area contributed by atoms with E-state index in [9.17, 15) is 5.11 Å². The van der Waals surface area contributed by atoms with E-state index >= 15 is 0 Å². The largest absolute Gasteiger partial charge is 0.396 e. The summed E-state index contributed by atoms with van der Waals surface area (Å²) in [5.41, 5.74) is 0. The third kappa shape index (κ3) is 43.3. The summed E-state index contributed by atoms with van der Waals surface area (Å²) >= 11 is 0. The maximum Gasteiger partial charge on any atom is 0.157 e. The Balaban J connectivity index is 4.25. The average molecular weight is 798 g/mol. The van der Waals surface area contributed by atoms with E-state index in [-0.39, 0.29) is 12.6 Å². The van der Waals surface area contributed by atoms with Crippen molar-refractivity contribution in [2.45, 2.75) is 271 Å². The van der Waals surface area contributed by atoms with Gasteiger partial charge in [0.2, 0.25) is 0 Å². The second kappa shape index (κ2) is 49.1. The van der Waals surface area contributed by atoms with Crippen molar-refractivity contribution in [2.75, 3.05) is 52.7 Å². The van der Waals surface area contributed by atoms with Crippen molar-refractivity contribution in [3.63, 3.8) is 0 Å². The van der Waals surface area contributed by atoms with Crippen LogP contribution in [0.25, 0.3) is 0 Å². The van der Waals surface area contributed by atoms with Gasteiger partial charge in [0.25, 0.3) is 0 Å². The lowest BCUT2D eigenvalue weighted by atomic mass is 10.1. The van der Waals surface area contributed by atoms with E-state index in [1.807, 2.05) is 0 Å². The summed E-state index contributed by atoms with van der Waals surface area (Å²) in [6.45, 7) is 16.4. The van der Waals surface area contributed by atoms with Gasteiger partial charge in [0, 0.05) is 33.0 Å². The Labute approximate surface area is 352 Å². The molecule has 6 nitrogen and oxygen atoms in total. The second-order valence-electron chi connectivity index (χ2n) is 17.1. The zero-order valence-corrected chi connectivity index (χ0v) is 38.8. The smallest absolute Gasteiger partial charge is 0.157 e. The molecule has 0 saturated carbocycles. The summed E-state index contributed by atoms with van der Waals surface area (Å²) in [5, 5.41) is 9.36. The molecular formula is C50H103NO5. The topological polar surface area (TPSA) is 60.4 Å². The van der Waals surface area contributed by atoms with Crippen LogP contribution in [0.15, 0.2) is 0 Å². The fourth-order valence-corrected chi connectivity index (χ4v) is 7.60. The molecule has 0 saturated heterocycles. The first-order valence-electron chi connectivity index (χ1n) is 25.5. The summed E-state index contributed by atoms with van der Waals surface area (Å²) in [7, 11) is 0. The molecular weight excluding hydrogens is 695 g/mol. The SMILES string of the molecule is CCCCCCCOC(CCCCCCCCN(CCCCO)CCCCCCCCC(OCCCCCCC)OCCCCCCC)OCCCCCCC. The summed E-state index contributed by atoms with van der Waals surface area (Å²) < 4.78 is 24.9. The van der Waals surface area contributed by atoms with Gasteiger partial charge < -0.3 is 29.0 Å². The van der Waals surface area contributed by atoms with Crippen LogP contribution in [0.4, 0.5) is 0 Å². The molecule has 0 aromatic carbocycles. The van der Waals surface area contributed by atoms with Gasteiger partial charge >= 0.3 is 0 Å². The predicted molar refractivity (Wildman–Crippen MR) is 244 cm³/mol. The fourth-order valence-electron chi connectivity index (χ4n) is 7.60. The lowest BCUT2D eigenvalue weighted by molar-refractivity contribution is -0.148. The van der Waals surface area contributed by atoms with E-state index in [4.69, 9.17) is 18.9 Å². The summed E-state index contributed by atoms with van der Waals surface area (Å²) in [5.74, 6) is 0. The normalized spacial score (nSPS) is 12.0. The molecule has 6 heteroatoms. The Morgan fingerprint density at radius 1 is 0.304 bits per heavy atom. The molecule has 1 N–H and O–H groups in total. The van der Waals surface area contributed by atoms with Gasteiger partial charge in [-0.1, -0.05) is 182 Å². The van der Waals surface area contributed by atoms with E-state index in [1.54, 1.807) is 0 Å². The van der Waals surface area contributed by atoms with Crippen molar-refractivity contribution >= 4 is 0 Å². The molecule has 56 heavy (non-hydrogen) atoms. The van der Waals surface area contributed by atoms with Crippen LogP contribution in [0, 0.1) is 0 Å². The van der Waals surface area contributed by atoms with Crippen molar-refractivity contribution in [2.24, 2.45) is 0 Å². The van der Waals surface area contributed by atoms with E-state index in [2.05, 4.69) is 32.6 Å². The highest BCUT2D eigenvalue weighted by atomic mass is 16.7. The standard InChI is InChI=1S/C50H103NO5/c1-5-9-13-25-35-45-53-49(54-46-36-26-14-10-6-2)39-29-21-17-19-23-31-41-51(43-33-34-44-52)42-32-24-20-18-22-30-40-50(55-47-37-27-15-11-7-3)56-48-38-28-16-12-8-4/h49-50,52H,5-48H2,1-4H3. The molecule has 0 aliphatic rings. The molecule has 0 amide bonds. The monoisotopic (exact) mass is 798 g/mol. The number of unbranched alkanes of at least 4 members (excludes halogenated alkanes) is 27. The highest BCUT2D eigenvalue weighted by Gasteiger charge is 2.11. The molecule has 0 radical (unpaired) electrons. The molecule has 0 heterocycles. The van der Waals surface area contributed by atoms with Crippen molar-refractivity contribution < 1.29 is 24.1 Å². The lowest BCUT2D eigenvalue weighted by Crippen LogP contribution is -2.27. The van der Waals surface area contributed by atoms with Gasteiger partial charge in [-0.2, -0.15) is 0 Å². The zero-order valence-electron chi connectivity index (χ0n) is 38.8. The average Bonchev–Trinajstić information content (AvgIpc) is 3.21. The van der Waals surface area contributed by atoms with Crippen LogP contribution in [-0.2, 0) is 18.9 Å². The number of ether oxygens (including phenoxy) is 4. The minimum atomic E-state index is -0.00387. The first-order valence-corrected chi connectivity index (χ1v) is 25.5. The van der Waals surface area contributed by atoms with Gasteiger partial charge in [-0.3, -0.25) is 0 Å². The van der Waals surface area contributed by atoms with Gasteiger partial charge in [-0.05, 0) is 96.7 Å². The molecule has 0 bridgehead atoms. The summed E-state index contributed by atoms with van der Waals surface area (Å²) in [6.07, 6.45) is 45.3. The Morgan fingerprint density at radius 2 is 0.554 bits per heavy atom. The Bertz CT molecular complexity index is 612. The number of aliphatic hydroxyl groups excluding tert-OH is 1. The van der Waals surface area contributed by atoms with Crippen molar-refractivity contribution in [1.82, 2.24) is 4.90 Å². The van der Waals surface area contributed by atoms with Crippen LogP contribution < -0.4 is 0 Å². The Hall–Kier alpha value is -0.240. The third-order valence-electron chi connectivity index (χ3n) is 11.4. The molecule has 0 unspecified atom stereocenters. The summed E-state index contributed by atoms with van der Waals surface area (Å²) in [4.78, 5) is 2.68. The molecule has 0 aliphatic carbocycles. The van der Waals surface area contributed by atoms with E-state index in [0.717, 1.165) is 58.7 Å². The highest BCUT2D eigenvalue weighted by Crippen LogP contribution is 2.17. The highest BCUT2D eigenvalue weighted by molar-refractivity contribution is 4.61. The molecule has 0 atom stereocenters. The van der Waals surface area contributed by atoms with Crippen molar-refractivity contribution in [3.05, 3.63) is 0 Å². The first kappa shape index (κ1) is 55.8. The summed E-state index contributed by atoms with van der Waals surface area (Å²) in [6, 6.07) is 0. The van der Waals surface area contributed by atoms with Crippen LogP contribution in [-0.4, -0.2) is 75.3 Å². The molecule has 0 fully saturated rings. The van der Waals surface area contributed by atoms with E-state index in [0.29, 0.717) is 6.61 Å². The number of hydrogen-bond donors (Lipinski definition) is 1. The van der Waals surface area contributed by atoms with Crippen molar-refractivity contribution in [1.29, 1.82) is 0 Å². The molecule has 0 aromatic heterocycles. The van der Waals surface area contributed by atoms with Gasteiger partial charge in [-0.15, -0.1) is 0 Å². The molecule has 0 spiro atoms. The Morgan fingerprint density at radius 3 is 0.857 bits per heavy atom. The van der Waals surface area contributed by atoms with E-state index in [1.165, 1.54) is 219 Å². The van der Waals surface area contributed by atoms with Crippen molar-refractivity contribution in [3.8, 4) is 0 Å². The number of aliphatic hydroxyl groups is 1. The number of hydrogen-bond acceptors (Lipinski definition) is 6. The molecule has 0 aliphatic heterocycles. The lowest BCUT2D eigenvalue weighted by Gasteiger charge is -2.22. The van der Waals surface area contributed by atoms with Crippen LogP contribution in [0.5, 0.6) is 0 Å². The third-order valence-corrected chi connectivity index (χ3v) is 11.4. The van der Waals surface area contributed by atoms with Gasteiger partial charge in [0.05, 0.1) is 0 Å². The predicted octanol–water partition coefficient (Wildman–Crippen LogP) is 15.1. The van der Waals surface area contributed by atoms with Crippen LogP contribution >= 0.6 is 0 Å². The zero-order chi connectivity index (χ0) is 40.7.